The van der Waals surface area contributed by atoms with Crippen molar-refractivity contribution in [3.05, 3.63) is 29.3 Å². The van der Waals surface area contributed by atoms with Gasteiger partial charge in [0.2, 0.25) is 12.0 Å². The number of carboxylic acids is 1. The minimum atomic E-state index is -1.71. The number of hydrogen-bond donors (Lipinski definition) is 5. The minimum Gasteiger partial charge on any atom is -0.493 e. The van der Waals surface area contributed by atoms with Gasteiger partial charge in [-0.2, -0.15) is 0 Å². The second kappa shape index (κ2) is 11.7. The molecule has 206 valence electrons. The van der Waals surface area contributed by atoms with E-state index in [4.69, 9.17) is 23.7 Å². The van der Waals surface area contributed by atoms with Gasteiger partial charge in [-0.15, -0.1) is 0 Å². The Morgan fingerprint density at radius 3 is 2.16 bits per heavy atom. The molecule has 12 nitrogen and oxygen atoms in total. The average molecular weight is 527 g/mol. The van der Waals surface area contributed by atoms with Crippen LogP contribution in [0.15, 0.2) is 23.8 Å². The second-order valence-electron chi connectivity index (χ2n) is 9.60. The van der Waals surface area contributed by atoms with Crippen LogP contribution in [0.4, 0.5) is 0 Å². The normalized spacial score (nSPS) is 28.2. The van der Waals surface area contributed by atoms with Crippen LogP contribution in [0.3, 0.4) is 0 Å². The van der Waals surface area contributed by atoms with Crippen LogP contribution in [0, 0.1) is 5.92 Å². The van der Waals surface area contributed by atoms with E-state index in [2.05, 4.69) is 0 Å². The lowest BCUT2D eigenvalue weighted by Gasteiger charge is -2.40. The summed E-state index contributed by atoms with van der Waals surface area (Å²) in [4.78, 5) is 23.9. The molecule has 1 fully saturated rings. The number of carbonyl (C=O) groups excluding carboxylic acids is 1. The van der Waals surface area contributed by atoms with Gasteiger partial charge in [0.15, 0.2) is 11.5 Å². The molecule has 0 spiro atoms. The van der Waals surface area contributed by atoms with Crippen LogP contribution in [0.2, 0.25) is 0 Å². The Morgan fingerprint density at radius 1 is 1.05 bits per heavy atom. The Balaban J connectivity index is 1.71. The molecule has 1 aromatic rings. The number of ether oxygens (including phenoxy) is 5. The van der Waals surface area contributed by atoms with Crippen LogP contribution >= 0.6 is 0 Å². The van der Waals surface area contributed by atoms with E-state index < -0.39 is 54.9 Å². The summed E-state index contributed by atoms with van der Waals surface area (Å²) in [6.45, 7) is 3.00. The Hall–Kier alpha value is -2.90. The van der Waals surface area contributed by atoms with E-state index >= 15 is 0 Å². The van der Waals surface area contributed by atoms with E-state index in [0.717, 1.165) is 0 Å². The number of aliphatic hydroxyl groups excluding tert-OH is 3. The molecule has 1 aliphatic heterocycles. The van der Waals surface area contributed by atoms with Gasteiger partial charge in [0.25, 0.3) is 0 Å². The SMILES string of the molecule is COc1cc(C(=O)O)cc(OC)c1OC1OC(COC(=O)C2=CCC(C(C)(C)O)CC2)C(O)C(O)C1O. The molecule has 1 saturated heterocycles. The molecular weight excluding hydrogens is 492 g/mol. The first-order valence-corrected chi connectivity index (χ1v) is 11.8. The quantitative estimate of drug-likeness (QED) is 0.284. The van der Waals surface area contributed by atoms with Crippen LogP contribution < -0.4 is 14.2 Å². The molecule has 6 atom stereocenters. The zero-order valence-corrected chi connectivity index (χ0v) is 21.1. The largest absolute Gasteiger partial charge is 0.493 e. The van der Waals surface area contributed by atoms with Gasteiger partial charge >= 0.3 is 11.9 Å². The van der Waals surface area contributed by atoms with Gasteiger partial charge in [0.05, 0.1) is 25.4 Å². The summed E-state index contributed by atoms with van der Waals surface area (Å²) in [5.74, 6) is -2.01. The van der Waals surface area contributed by atoms with Crippen molar-refractivity contribution < 1.29 is 58.8 Å². The molecule has 12 heteroatoms. The third-order valence-corrected chi connectivity index (χ3v) is 6.66. The Kier molecular flexibility index (Phi) is 9.03. The van der Waals surface area contributed by atoms with Crippen molar-refractivity contribution in [2.45, 2.75) is 69.4 Å². The summed E-state index contributed by atoms with van der Waals surface area (Å²) in [5, 5.41) is 50.7. The van der Waals surface area contributed by atoms with Crippen molar-refractivity contribution in [2.24, 2.45) is 5.92 Å². The summed E-state index contributed by atoms with van der Waals surface area (Å²) in [7, 11) is 2.55. The minimum absolute atomic E-state index is 0.0145. The molecule has 0 radical (unpaired) electrons. The third kappa shape index (κ3) is 6.51. The van der Waals surface area contributed by atoms with Crippen molar-refractivity contribution in [1.29, 1.82) is 0 Å². The van der Waals surface area contributed by atoms with Crippen molar-refractivity contribution in [1.82, 2.24) is 0 Å². The molecule has 0 bridgehead atoms. The fraction of sp³-hybridized carbons (Fsp3) is 0.600. The highest BCUT2D eigenvalue weighted by Gasteiger charge is 2.46. The van der Waals surface area contributed by atoms with E-state index in [1.807, 2.05) is 0 Å². The number of esters is 1. The maximum Gasteiger partial charge on any atom is 0.335 e. The maximum absolute atomic E-state index is 12.6. The number of carbonyl (C=O) groups is 2. The molecule has 37 heavy (non-hydrogen) atoms. The highest BCUT2D eigenvalue weighted by molar-refractivity contribution is 5.89. The van der Waals surface area contributed by atoms with Crippen LogP contribution in [0.1, 0.15) is 43.5 Å². The summed E-state index contributed by atoms with van der Waals surface area (Å²) < 4.78 is 27.0. The highest BCUT2D eigenvalue weighted by Crippen LogP contribution is 2.40. The smallest absolute Gasteiger partial charge is 0.335 e. The number of rotatable bonds is 9. The predicted molar refractivity (Wildman–Crippen MR) is 126 cm³/mol. The van der Waals surface area contributed by atoms with Gasteiger partial charge in [-0.1, -0.05) is 6.08 Å². The first kappa shape index (κ1) is 28.7. The molecule has 5 N–H and O–H groups in total. The molecule has 0 saturated carbocycles. The molecule has 1 aromatic carbocycles. The molecule has 2 aliphatic rings. The van der Waals surface area contributed by atoms with Gasteiger partial charge in [0, 0.05) is 5.57 Å². The van der Waals surface area contributed by atoms with Crippen LogP contribution in [-0.4, -0.2) is 94.6 Å². The fourth-order valence-corrected chi connectivity index (χ4v) is 4.30. The molecule has 1 aliphatic carbocycles. The van der Waals surface area contributed by atoms with Gasteiger partial charge in [-0.25, -0.2) is 9.59 Å². The summed E-state index contributed by atoms with van der Waals surface area (Å²) in [6.07, 6.45) is -4.56. The number of methoxy groups -OCH3 is 2. The second-order valence-corrected chi connectivity index (χ2v) is 9.60. The van der Waals surface area contributed by atoms with E-state index in [1.54, 1.807) is 19.9 Å². The Morgan fingerprint density at radius 2 is 1.68 bits per heavy atom. The molecular formula is C25H34O12. The number of carboxylic acid groups (broad SMARTS) is 1. The maximum atomic E-state index is 12.6. The molecule has 0 aromatic heterocycles. The van der Waals surface area contributed by atoms with Crippen LogP contribution in [0.5, 0.6) is 17.2 Å². The summed E-state index contributed by atoms with van der Waals surface area (Å²) in [6, 6.07) is 2.36. The van der Waals surface area contributed by atoms with Gasteiger partial charge in [-0.05, 0) is 51.2 Å². The Labute approximate surface area is 214 Å². The van der Waals surface area contributed by atoms with E-state index in [9.17, 15) is 35.1 Å². The van der Waals surface area contributed by atoms with E-state index in [-0.39, 0.29) is 28.7 Å². The monoisotopic (exact) mass is 526 g/mol. The number of benzene rings is 1. The first-order valence-electron chi connectivity index (χ1n) is 11.8. The van der Waals surface area contributed by atoms with Crippen LogP contribution in [0.25, 0.3) is 0 Å². The molecule has 0 amide bonds. The zero-order valence-electron chi connectivity index (χ0n) is 21.1. The fourth-order valence-electron chi connectivity index (χ4n) is 4.30. The van der Waals surface area contributed by atoms with E-state index in [0.29, 0.717) is 24.8 Å². The van der Waals surface area contributed by atoms with Crippen molar-refractivity contribution in [3.63, 3.8) is 0 Å². The number of allylic oxidation sites excluding steroid dienone is 1. The first-order chi connectivity index (χ1) is 17.4. The highest BCUT2D eigenvalue weighted by atomic mass is 16.7. The number of hydrogen-bond acceptors (Lipinski definition) is 11. The standard InChI is InChI=1S/C25H34O12/c1-25(2,32)14-7-5-12(6-8-14)23(31)35-11-17-18(26)19(27)20(28)24(36-17)37-21-15(33-3)9-13(22(29)30)10-16(21)34-4/h5,9-10,14,17-20,24,26-28,32H,6-8,11H2,1-4H3,(H,29,30). The molecule has 3 rings (SSSR count). The zero-order chi connectivity index (χ0) is 27.5. The van der Waals surface area contributed by atoms with Gasteiger partial charge in [-0.3, -0.25) is 0 Å². The lowest BCUT2D eigenvalue weighted by molar-refractivity contribution is -0.278. The average Bonchev–Trinajstić information content (AvgIpc) is 2.87. The van der Waals surface area contributed by atoms with Crippen molar-refractivity contribution in [3.8, 4) is 17.2 Å². The number of aromatic carboxylic acids is 1. The van der Waals surface area contributed by atoms with Crippen molar-refractivity contribution >= 4 is 11.9 Å². The van der Waals surface area contributed by atoms with E-state index in [1.165, 1.54) is 26.4 Å². The van der Waals surface area contributed by atoms with Gasteiger partial charge < -0.3 is 49.2 Å². The molecule has 1 heterocycles. The topological polar surface area (TPSA) is 181 Å². The predicted octanol–water partition coefficient (Wildman–Crippen LogP) is 0.629. The summed E-state index contributed by atoms with van der Waals surface area (Å²) >= 11 is 0. The lowest BCUT2D eigenvalue weighted by atomic mass is 9.79. The van der Waals surface area contributed by atoms with Crippen LogP contribution in [-0.2, 0) is 14.3 Å². The lowest BCUT2D eigenvalue weighted by Crippen LogP contribution is -2.60. The Bertz CT molecular complexity index is 988. The van der Waals surface area contributed by atoms with Crippen molar-refractivity contribution in [2.75, 3.05) is 20.8 Å². The summed E-state index contributed by atoms with van der Waals surface area (Å²) in [5.41, 5.74) is -0.568. The number of aliphatic hydroxyl groups is 4. The third-order valence-electron chi connectivity index (χ3n) is 6.66. The van der Waals surface area contributed by atoms with Gasteiger partial charge in [0.1, 0.15) is 31.0 Å². The molecule has 6 unspecified atom stereocenters.